The van der Waals surface area contributed by atoms with Crippen LogP contribution in [0.25, 0.3) is 10.1 Å². The van der Waals surface area contributed by atoms with Crippen LogP contribution < -0.4 is 26.6 Å². The number of carbonyl (C=O) groups is 7. The molecule has 62 heavy (non-hydrogen) atoms. The van der Waals surface area contributed by atoms with Crippen LogP contribution in [-0.4, -0.2) is 67.8 Å². The van der Waals surface area contributed by atoms with Crippen LogP contribution in [0, 0.1) is 5.82 Å². The van der Waals surface area contributed by atoms with Gasteiger partial charge in [-0.1, -0.05) is 61.2 Å². The quantitative estimate of drug-likeness (QED) is 0.0670. The van der Waals surface area contributed by atoms with Gasteiger partial charge in [0.1, 0.15) is 29.8 Å². The van der Waals surface area contributed by atoms with Crippen molar-refractivity contribution in [1.29, 1.82) is 0 Å². The molecule has 3 aliphatic heterocycles. The Morgan fingerprint density at radius 2 is 1.69 bits per heavy atom. The van der Waals surface area contributed by atoms with Gasteiger partial charge < -0.3 is 30.7 Å². The molecule has 0 saturated carbocycles. The Balaban J connectivity index is 0.817. The maximum atomic E-state index is 14.5. The van der Waals surface area contributed by atoms with E-state index in [1.165, 1.54) is 45.3 Å². The highest BCUT2D eigenvalue weighted by Gasteiger charge is 2.39. The van der Waals surface area contributed by atoms with Crippen LogP contribution >= 0.6 is 23.1 Å². The number of rotatable bonds is 15. The van der Waals surface area contributed by atoms with Crippen LogP contribution in [0.4, 0.5) is 10.1 Å². The number of imide groups is 1. The molecule has 7 amide bonds. The van der Waals surface area contributed by atoms with E-state index < -0.39 is 41.5 Å². The van der Waals surface area contributed by atoms with Crippen molar-refractivity contribution >= 4 is 80.3 Å². The fourth-order valence-corrected chi connectivity index (χ4v) is 9.20. The first kappa shape index (κ1) is 42.2. The van der Waals surface area contributed by atoms with E-state index in [9.17, 15) is 38.0 Å². The zero-order valence-corrected chi connectivity index (χ0v) is 34.9. The van der Waals surface area contributed by atoms with Crippen molar-refractivity contribution in [1.82, 2.24) is 35.1 Å². The summed E-state index contributed by atoms with van der Waals surface area (Å²) in [5.41, 5.74) is 3.33. The Hall–Kier alpha value is -6.46. The predicted molar refractivity (Wildman–Crippen MR) is 228 cm³/mol. The molecule has 0 radical (unpaired) electrons. The number of amides is 7. The lowest BCUT2D eigenvalue weighted by atomic mass is 10.0. The summed E-state index contributed by atoms with van der Waals surface area (Å²) in [6, 6.07) is 16.3. The number of anilines is 1. The van der Waals surface area contributed by atoms with Gasteiger partial charge in [-0.05, 0) is 78.3 Å². The van der Waals surface area contributed by atoms with Gasteiger partial charge in [-0.25, -0.2) is 4.39 Å². The van der Waals surface area contributed by atoms with Crippen LogP contribution in [0.3, 0.4) is 0 Å². The van der Waals surface area contributed by atoms with E-state index in [0.717, 1.165) is 35.1 Å². The molecule has 2 aromatic heterocycles. The van der Waals surface area contributed by atoms with Gasteiger partial charge in [0.2, 0.25) is 23.6 Å². The molecule has 2 atom stereocenters. The summed E-state index contributed by atoms with van der Waals surface area (Å²) in [7, 11) is 0. The van der Waals surface area contributed by atoms with Gasteiger partial charge in [0, 0.05) is 54.0 Å². The van der Waals surface area contributed by atoms with Gasteiger partial charge in [-0.15, -0.1) is 0 Å². The summed E-state index contributed by atoms with van der Waals surface area (Å²) in [4.78, 5) is 91.3. The molecule has 2 unspecified atom stereocenters. The first-order chi connectivity index (χ1) is 29.9. The molecule has 15 nitrogen and oxygen atoms in total. The first-order valence-electron chi connectivity index (χ1n) is 20.4. The summed E-state index contributed by atoms with van der Waals surface area (Å²) >= 11 is 7.68. The zero-order valence-electron chi connectivity index (χ0n) is 33.4. The number of piperidine rings is 1. The van der Waals surface area contributed by atoms with Gasteiger partial charge in [0.15, 0.2) is 0 Å². The number of unbranched alkanes of at least 4 members (excludes halogenated alkanes) is 4. The van der Waals surface area contributed by atoms with Crippen molar-refractivity contribution in [3.63, 3.8) is 0 Å². The molecular weight excluding hydrogens is 839 g/mol. The highest BCUT2D eigenvalue weighted by Crippen LogP contribution is 2.38. The highest BCUT2D eigenvalue weighted by molar-refractivity contribution is 7.13. The number of hydrogen-bond acceptors (Lipinski definition) is 9. The molecule has 320 valence electrons. The smallest absolute Gasteiger partial charge is 0.276 e. The number of nitrogens with zero attached hydrogens (tertiary/aromatic N) is 3. The summed E-state index contributed by atoms with van der Waals surface area (Å²) in [5.74, 6) is -3.11. The minimum Gasteiger partial charge on any atom is -0.352 e. The van der Waals surface area contributed by atoms with E-state index in [2.05, 4.69) is 31.0 Å². The van der Waals surface area contributed by atoms with E-state index in [0.29, 0.717) is 49.0 Å². The van der Waals surface area contributed by atoms with Gasteiger partial charge in [-0.2, -0.15) is 4.37 Å². The largest absolute Gasteiger partial charge is 0.352 e. The van der Waals surface area contributed by atoms with Gasteiger partial charge in [0.25, 0.3) is 17.7 Å². The summed E-state index contributed by atoms with van der Waals surface area (Å²) in [6.45, 7) is 0.684. The maximum Gasteiger partial charge on any atom is 0.276 e. The third kappa shape index (κ3) is 8.95. The molecule has 3 aromatic carbocycles. The molecule has 8 rings (SSSR count). The molecule has 18 heteroatoms. The first-order valence-corrected chi connectivity index (χ1v) is 21.5. The second kappa shape index (κ2) is 18.3. The molecule has 5 N–H and O–H groups in total. The minimum atomic E-state index is -0.975. The van der Waals surface area contributed by atoms with Gasteiger partial charge in [0.05, 0.1) is 22.1 Å². The average Bonchev–Trinajstić information content (AvgIpc) is 3.94. The molecule has 1 saturated heterocycles. The fourth-order valence-electron chi connectivity index (χ4n) is 8.20. The van der Waals surface area contributed by atoms with Crippen molar-refractivity contribution in [2.75, 3.05) is 11.9 Å². The number of fused-ring (bicyclic) bond motifs is 3. The number of halogens is 2. The van der Waals surface area contributed by atoms with Crippen LogP contribution in [0.15, 0.2) is 66.7 Å². The number of carbonyl (C=O) groups excluding carboxylic acids is 7. The van der Waals surface area contributed by atoms with Crippen molar-refractivity contribution in [3.05, 3.63) is 117 Å². The highest BCUT2D eigenvalue weighted by atomic mass is 35.5. The Morgan fingerprint density at radius 3 is 2.53 bits per heavy atom. The lowest BCUT2D eigenvalue weighted by Gasteiger charge is -2.29. The molecule has 1 fully saturated rings. The van der Waals surface area contributed by atoms with Crippen molar-refractivity contribution < 1.29 is 38.0 Å². The Morgan fingerprint density at radius 1 is 0.887 bits per heavy atom. The second-order valence-electron chi connectivity index (χ2n) is 15.5. The molecule has 5 aromatic rings. The fraction of sp³-hybridized carbons (Fsp3) is 0.318. The lowest BCUT2D eigenvalue weighted by Crippen LogP contribution is -2.52. The third-order valence-corrected chi connectivity index (χ3v) is 12.5. The molecular formula is C44H42ClFN8O7S. The predicted octanol–water partition coefficient (Wildman–Crippen LogP) is 5.51. The number of aromatic nitrogens is 2. The molecule has 5 heterocycles. The standard InChI is InChI=1S/C44H42ClFN8O7S/c45-30-14-12-26(46)19-29(30)38-40-31(49-43(60)39-28-8-5-6-9-34(28)62-52-39)20-33(53(40)23-37(57)50-38)41(58)47-17-7-3-1-2-4-10-35(55)48-21-24-11-13-27-25(18-24)22-54(44(27)61)32-15-16-36(56)51-42(32)59/h5-6,8-9,11-14,18-20,32,38H,1-4,7,10,15-17,21-23H2,(H,47,58)(H,48,55)(H,49,60)(H,50,57)(H,51,56,59). The van der Waals surface area contributed by atoms with Crippen LogP contribution in [0.5, 0.6) is 0 Å². The number of benzene rings is 3. The molecule has 0 spiro atoms. The SMILES string of the molecule is O=C(CCCCCCCNC(=O)c1cc(NC(=O)c2nsc3ccccc23)c2n1CC(=O)NC2c1cc(F)ccc1Cl)NCc1ccc2c(c1)CN(C1CCC(=O)NC1=O)C2=O. The van der Waals surface area contributed by atoms with E-state index in [1.807, 2.05) is 18.2 Å². The van der Waals surface area contributed by atoms with E-state index in [4.69, 9.17) is 11.6 Å². The minimum absolute atomic E-state index is 0.0966. The Kier molecular flexibility index (Phi) is 12.4. The van der Waals surface area contributed by atoms with Crippen LogP contribution in [-0.2, 0) is 38.8 Å². The molecule has 0 aliphatic carbocycles. The second-order valence-corrected chi connectivity index (χ2v) is 16.7. The summed E-state index contributed by atoms with van der Waals surface area (Å²) in [5, 5.41) is 14.7. The Labute approximate surface area is 363 Å². The Bertz CT molecular complexity index is 2650. The van der Waals surface area contributed by atoms with Crippen molar-refractivity contribution in [2.45, 2.75) is 83.1 Å². The summed E-state index contributed by atoms with van der Waals surface area (Å²) < 4.78 is 21.2. The number of nitrogens with one attached hydrogen (secondary N) is 5. The van der Waals surface area contributed by atoms with Crippen LogP contribution in [0.2, 0.25) is 5.02 Å². The lowest BCUT2D eigenvalue weighted by molar-refractivity contribution is -0.137. The van der Waals surface area contributed by atoms with Crippen LogP contribution in [0.1, 0.15) is 111 Å². The third-order valence-electron chi connectivity index (χ3n) is 11.3. The monoisotopic (exact) mass is 880 g/mol. The molecule has 3 aliphatic rings. The normalized spacial score (nSPS) is 17.0. The van der Waals surface area contributed by atoms with E-state index in [-0.39, 0.29) is 71.3 Å². The topological polar surface area (TPSA) is 201 Å². The zero-order chi connectivity index (χ0) is 43.5. The number of hydrogen-bond donors (Lipinski definition) is 5. The van der Waals surface area contributed by atoms with Gasteiger partial charge >= 0.3 is 0 Å². The average molecular weight is 881 g/mol. The van der Waals surface area contributed by atoms with Crippen molar-refractivity contribution in [3.8, 4) is 0 Å². The van der Waals surface area contributed by atoms with E-state index >= 15 is 0 Å². The maximum absolute atomic E-state index is 14.5. The van der Waals surface area contributed by atoms with Gasteiger partial charge in [-0.3, -0.25) is 38.9 Å². The van der Waals surface area contributed by atoms with E-state index in [1.54, 1.807) is 24.3 Å². The summed E-state index contributed by atoms with van der Waals surface area (Å²) in [6.07, 6.45) is 4.60. The molecule has 0 bridgehead atoms. The van der Waals surface area contributed by atoms with Crippen molar-refractivity contribution in [2.24, 2.45) is 0 Å².